The van der Waals surface area contributed by atoms with Crippen LogP contribution in [0.5, 0.6) is 0 Å². The number of piperidine rings is 1. The molecule has 1 aromatic rings. The molecule has 1 fully saturated rings. The summed E-state index contributed by atoms with van der Waals surface area (Å²) < 4.78 is 13.5. The number of carboxylic acids is 1. The summed E-state index contributed by atoms with van der Waals surface area (Å²) in [7, 11) is 0. The third-order valence-electron chi connectivity index (χ3n) is 5.09. The number of likely N-dealkylation sites (tertiary alicyclic amines) is 1. The van der Waals surface area contributed by atoms with E-state index in [1.54, 1.807) is 12.1 Å². The molecular weight excluding hydrogens is 323 g/mol. The van der Waals surface area contributed by atoms with E-state index in [0.29, 0.717) is 25.2 Å². The number of amides is 1. The number of carboxylic acid groups (broad SMARTS) is 1. The number of rotatable bonds is 6. The Kier molecular flexibility index (Phi) is 6.16. The topological polar surface area (TPSA) is 60.9 Å². The zero-order valence-electron chi connectivity index (χ0n) is 15.2. The van der Waals surface area contributed by atoms with Crippen molar-refractivity contribution in [1.82, 2.24) is 9.80 Å². The van der Waals surface area contributed by atoms with Crippen LogP contribution in [0.25, 0.3) is 0 Å². The third-order valence-corrected chi connectivity index (χ3v) is 5.09. The number of hydrogen-bond acceptors (Lipinski definition) is 3. The number of hydrogen-bond donors (Lipinski definition) is 1. The Bertz CT molecular complexity index is 625. The normalized spacial score (nSPS) is 16.3. The Labute approximate surface area is 148 Å². The van der Waals surface area contributed by atoms with Crippen LogP contribution < -0.4 is 0 Å². The SMILES string of the molecule is CCN(CC(=O)O)C1CCN(C(=O)C(C)(C)c2cccc(F)c2)CC1. The Morgan fingerprint density at radius 1 is 1.32 bits per heavy atom. The van der Waals surface area contributed by atoms with Crippen molar-refractivity contribution < 1.29 is 19.1 Å². The summed E-state index contributed by atoms with van der Waals surface area (Å²) in [5.41, 5.74) is -0.124. The predicted octanol–water partition coefficient (Wildman–Crippen LogP) is 2.50. The highest BCUT2D eigenvalue weighted by Gasteiger charge is 2.36. The highest BCUT2D eigenvalue weighted by Crippen LogP contribution is 2.28. The summed E-state index contributed by atoms with van der Waals surface area (Å²) in [6.45, 7) is 7.49. The summed E-state index contributed by atoms with van der Waals surface area (Å²) >= 11 is 0. The monoisotopic (exact) mass is 350 g/mol. The first kappa shape index (κ1) is 19.4. The molecule has 6 heteroatoms. The molecule has 1 amide bonds. The van der Waals surface area contributed by atoms with Crippen molar-refractivity contribution >= 4 is 11.9 Å². The summed E-state index contributed by atoms with van der Waals surface area (Å²) in [6, 6.07) is 6.37. The van der Waals surface area contributed by atoms with E-state index in [0.717, 1.165) is 12.8 Å². The second-order valence-corrected chi connectivity index (χ2v) is 7.12. The van der Waals surface area contributed by atoms with Gasteiger partial charge in [-0.05, 0) is 50.9 Å². The maximum Gasteiger partial charge on any atom is 0.317 e. The minimum Gasteiger partial charge on any atom is -0.480 e. The number of nitrogens with zero attached hydrogens (tertiary/aromatic N) is 2. The van der Waals surface area contributed by atoms with Crippen LogP contribution in [-0.2, 0) is 15.0 Å². The van der Waals surface area contributed by atoms with Crippen LogP contribution in [0.15, 0.2) is 24.3 Å². The highest BCUT2D eigenvalue weighted by atomic mass is 19.1. The second kappa shape index (κ2) is 7.95. The molecule has 1 heterocycles. The molecule has 0 aliphatic carbocycles. The predicted molar refractivity (Wildman–Crippen MR) is 93.9 cm³/mol. The molecule has 2 rings (SSSR count). The molecule has 0 unspecified atom stereocenters. The van der Waals surface area contributed by atoms with Crippen LogP contribution in [0, 0.1) is 5.82 Å². The van der Waals surface area contributed by atoms with Crippen molar-refractivity contribution in [3.05, 3.63) is 35.6 Å². The lowest BCUT2D eigenvalue weighted by Crippen LogP contribution is -2.51. The number of aliphatic carboxylic acids is 1. The van der Waals surface area contributed by atoms with Crippen molar-refractivity contribution in [2.45, 2.75) is 45.1 Å². The maximum absolute atomic E-state index is 13.5. The number of carbonyl (C=O) groups is 2. The first-order valence-electron chi connectivity index (χ1n) is 8.77. The summed E-state index contributed by atoms with van der Waals surface area (Å²) in [5, 5.41) is 9.00. The van der Waals surface area contributed by atoms with Crippen LogP contribution in [-0.4, -0.2) is 59.0 Å². The van der Waals surface area contributed by atoms with Gasteiger partial charge in [0.05, 0.1) is 12.0 Å². The maximum atomic E-state index is 13.5. The van der Waals surface area contributed by atoms with E-state index < -0.39 is 11.4 Å². The molecular formula is C19H27FN2O3. The van der Waals surface area contributed by atoms with E-state index in [2.05, 4.69) is 0 Å². The lowest BCUT2D eigenvalue weighted by atomic mass is 9.82. The van der Waals surface area contributed by atoms with Crippen molar-refractivity contribution in [2.75, 3.05) is 26.2 Å². The van der Waals surface area contributed by atoms with Gasteiger partial charge in [0.2, 0.25) is 5.91 Å². The van der Waals surface area contributed by atoms with Crippen molar-refractivity contribution in [2.24, 2.45) is 0 Å². The average molecular weight is 350 g/mol. The van der Waals surface area contributed by atoms with Gasteiger partial charge < -0.3 is 10.0 Å². The molecule has 1 aliphatic rings. The van der Waals surface area contributed by atoms with Gasteiger partial charge in [0.1, 0.15) is 5.82 Å². The van der Waals surface area contributed by atoms with Crippen molar-refractivity contribution in [3.8, 4) is 0 Å². The average Bonchev–Trinajstić information content (AvgIpc) is 2.59. The van der Waals surface area contributed by atoms with Crippen LogP contribution in [0.4, 0.5) is 4.39 Å². The minimum atomic E-state index is -0.826. The van der Waals surface area contributed by atoms with E-state index in [-0.39, 0.29) is 24.3 Å². The molecule has 0 bridgehead atoms. The van der Waals surface area contributed by atoms with Gasteiger partial charge in [-0.3, -0.25) is 14.5 Å². The fraction of sp³-hybridized carbons (Fsp3) is 0.579. The van der Waals surface area contributed by atoms with Crippen molar-refractivity contribution in [3.63, 3.8) is 0 Å². The van der Waals surface area contributed by atoms with Crippen LogP contribution in [0.1, 0.15) is 39.2 Å². The standard InChI is InChI=1S/C19H27FN2O3/c1-4-21(13-17(23)24)16-8-10-22(11-9-16)18(25)19(2,3)14-6-5-7-15(20)12-14/h5-7,12,16H,4,8-11,13H2,1-3H3,(H,23,24). The third kappa shape index (κ3) is 4.57. The fourth-order valence-electron chi connectivity index (χ4n) is 3.50. The van der Waals surface area contributed by atoms with Gasteiger partial charge in [0, 0.05) is 19.1 Å². The van der Waals surface area contributed by atoms with Gasteiger partial charge >= 0.3 is 5.97 Å². The van der Waals surface area contributed by atoms with Gasteiger partial charge in [-0.2, -0.15) is 0 Å². The van der Waals surface area contributed by atoms with Gasteiger partial charge in [-0.15, -0.1) is 0 Å². The zero-order chi connectivity index (χ0) is 18.6. The Hall–Kier alpha value is -1.95. The lowest BCUT2D eigenvalue weighted by Gasteiger charge is -2.40. The zero-order valence-corrected chi connectivity index (χ0v) is 15.2. The van der Waals surface area contributed by atoms with E-state index in [9.17, 15) is 14.0 Å². The van der Waals surface area contributed by atoms with Crippen molar-refractivity contribution in [1.29, 1.82) is 0 Å². The summed E-state index contributed by atoms with van der Waals surface area (Å²) in [4.78, 5) is 27.7. The molecule has 0 radical (unpaired) electrons. The molecule has 138 valence electrons. The first-order chi connectivity index (χ1) is 11.8. The van der Waals surface area contributed by atoms with Gasteiger partial charge in [0.15, 0.2) is 0 Å². The molecule has 0 atom stereocenters. The lowest BCUT2D eigenvalue weighted by molar-refractivity contribution is -0.141. The van der Waals surface area contributed by atoms with Crippen LogP contribution in [0.2, 0.25) is 0 Å². The first-order valence-corrected chi connectivity index (χ1v) is 8.77. The minimum absolute atomic E-state index is 0.0159. The fourth-order valence-corrected chi connectivity index (χ4v) is 3.50. The number of benzene rings is 1. The Balaban J connectivity index is 2.02. The van der Waals surface area contributed by atoms with E-state index in [1.165, 1.54) is 12.1 Å². The molecule has 5 nitrogen and oxygen atoms in total. The van der Waals surface area contributed by atoms with E-state index in [4.69, 9.17) is 5.11 Å². The molecule has 1 N–H and O–H groups in total. The Morgan fingerprint density at radius 3 is 2.48 bits per heavy atom. The largest absolute Gasteiger partial charge is 0.480 e. The van der Waals surface area contributed by atoms with E-state index in [1.807, 2.05) is 30.6 Å². The van der Waals surface area contributed by atoms with Gasteiger partial charge in [-0.1, -0.05) is 19.1 Å². The number of likely N-dealkylation sites (N-methyl/N-ethyl adjacent to an activating group) is 1. The van der Waals surface area contributed by atoms with Gasteiger partial charge in [0.25, 0.3) is 0 Å². The molecule has 0 spiro atoms. The molecule has 25 heavy (non-hydrogen) atoms. The van der Waals surface area contributed by atoms with Gasteiger partial charge in [-0.25, -0.2) is 4.39 Å². The van der Waals surface area contributed by atoms with E-state index >= 15 is 0 Å². The highest BCUT2D eigenvalue weighted by molar-refractivity contribution is 5.87. The molecule has 0 saturated carbocycles. The molecule has 1 aromatic carbocycles. The number of carbonyl (C=O) groups excluding carboxylic acids is 1. The molecule has 1 saturated heterocycles. The second-order valence-electron chi connectivity index (χ2n) is 7.12. The molecule has 1 aliphatic heterocycles. The number of halogens is 1. The van der Waals surface area contributed by atoms with Crippen LogP contribution >= 0.6 is 0 Å². The quantitative estimate of drug-likeness (QED) is 0.856. The van der Waals surface area contributed by atoms with Crippen LogP contribution in [0.3, 0.4) is 0 Å². The summed E-state index contributed by atoms with van der Waals surface area (Å²) in [5.74, 6) is -1.19. The summed E-state index contributed by atoms with van der Waals surface area (Å²) in [6.07, 6.45) is 1.51. The smallest absolute Gasteiger partial charge is 0.317 e. The Morgan fingerprint density at radius 2 is 1.96 bits per heavy atom. The molecule has 0 aromatic heterocycles.